The Morgan fingerprint density at radius 3 is 2.85 bits per heavy atom. The number of nitrogens with two attached hydrogens (primary N) is 1. The molecular formula is C10H14BrNO. The summed E-state index contributed by atoms with van der Waals surface area (Å²) in [6.07, 6.45) is 1.05. The lowest BCUT2D eigenvalue weighted by atomic mass is 10.2. The van der Waals surface area contributed by atoms with Crippen LogP contribution in [0.2, 0.25) is 0 Å². The van der Waals surface area contributed by atoms with Gasteiger partial charge in [0, 0.05) is 16.8 Å². The van der Waals surface area contributed by atoms with Crippen molar-refractivity contribution in [2.45, 2.75) is 20.0 Å². The van der Waals surface area contributed by atoms with Gasteiger partial charge in [-0.3, -0.25) is 0 Å². The van der Waals surface area contributed by atoms with Gasteiger partial charge in [0.2, 0.25) is 0 Å². The SMILES string of the molecule is CCCOCc1ccc(N)cc1Br. The molecule has 0 aliphatic rings. The van der Waals surface area contributed by atoms with Crippen molar-refractivity contribution in [1.29, 1.82) is 0 Å². The Hall–Kier alpha value is -0.540. The number of rotatable bonds is 4. The number of nitrogen functional groups attached to an aromatic ring is 1. The van der Waals surface area contributed by atoms with Crippen LogP contribution >= 0.6 is 15.9 Å². The highest BCUT2D eigenvalue weighted by molar-refractivity contribution is 9.10. The molecule has 0 atom stereocenters. The van der Waals surface area contributed by atoms with Crippen molar-refractivity contribution in [1.82, 2.24) is 0 Å². The molecule has 0 saturated carbocycles. The Morgan fingerprint density at radius 2 is 2.23 bits per heavy atom. The normalized spacial score (nSPS) is 10.3. The van der Waals surface area contributed by atoms with Crippen LogP contribution in [0.5, 0.6) is 0 Å². The van der Waals surface area contributed by atoms with E-state index in [0.29, 0.717) is 6.61 Å². The zero-order chi connectivity index (χ0) is 9.68. The smallest absolute Gasteiger partial charge is 0.0727 e. The highest BCUT2D eigenvalue weighted by Crippen LogP contribution is 2.20. The molecule has 0 bridgehead atoms. The van der Waals surface area contributed by atoms with E-state index in [9.17, 15) is 0 Å². The lowest BCUT2D eigenvalue weighted by Gasteiger charge is -2.05. The van der Waals surface area contributed by atoms with Gasteiger partial charge in [0.05, 0.1) is 6.61 Å². The zero-order valence-corrected chi connectivity index (χ0v) is 9.30. The van der Waals surface area contributed by atoms with E-state index in [2.05, 4.69) is 22.9 Å². The summed E-state index contributed by atoms with van der Waals surface area (Å²) in [6.45, 7) is 3.55. The molecule has 0 aromatic heterocycles. The first-order chi connectivity index (χ1) is 6.24. The molecule has 0 saturated heterocycles. The Balaban J connectivity index is 2.56. The van der Waals surface area contributed by atoms with E-state index < -0.39 is 0 Å². The molecule has 1 aromatic carbocycles. The minimum absolute atomic E-state index is 0.648. The maximum absolute atomic E-state index is 5.61. The second kappa shape index (κ2) is 5.25. The Morgan fingerprint density at radius 1 is 1.46 bits per heavy atom. The first-order valence-electron chi connectivity index (χ1n) is 4.35. The van der Waals surface area contributed by atoms with E-state index >= 15 is 0 Å². The van der Waals surface area contributed by atoms with E-state index in [-0.39, 0.29) is 0 Å². The highest BCUT2D eigenvalue weighted by atomic mass is 79.9. The van der Waals surface area contributed by atoms with E-state index in [4.69, 9.17) is 10.5 Å². The Labute approximate surface area is 87.2 Å². The average molecular weight is 244 g/mol. The van der Waals surface area contributed by atoms with Gasteiger partial charge in [-0.2, -0.15) is 0 Å². The third-order valence-corrected chi connectivity index (χ3v) is 2.42. The van der Waals surface area contributed by atoms with Crippen LogP contribution in [0.3, 0.4) is 0 Å². The van der Waals surface area contributed by atoms with Crippen molar-refractivity contribution in [3.05, 3.63) is 28.2 Å². The standard InChI is InChI=1S/C10H14BrNO/c1-2-5-13-7-8-3-4-9(12)6-10(8)11/h3-4,6H,2,5,7,12H2,1H3. The van der Waals surface area contributed by atoms with Gasteiger partial charge in [-0.05, 0) is 24.1 Å². The molecule has 13 heavy (non-hydrogen) atoms. The van der Waals surface area contributed by atoms with Crippen LogP contribution < -0.4 is 5.73 Å². The Bertz CT molecular complexity index is 276. The molecule has 0 unspecified atom stereocenters. The molecule has 0 spiro atoms. The summed E-state index contributed by atoms with van der Waals surface area (Å²) in [5, 5.41) is 0. The fourth-order valence-electron chi connectivity index (χ4n) is 1.01. The zero-order valence-electron chi connectivity index (χ0n) is 7.72. The largest absolute Gasteiger partial charge is 0.399 e. The molecule has 0 amide bonds. The fourth-order valence-corrected chi connectivity index (χ4v) is 1.52. The molecule has 72 valence electrons. The van der Waals surface area contributed by atoms with Crippen LogP contribution in [0.4, 0.5) is 5.69 Å². The highest BCUT2D eigenvalue weighted by Gasteiger charge is 1.99. The van der Waals surface area contributed by atoms with Crippen LogP contribution in [0.1, 0.15) is 18.9 Å². The predicted octanol–water partition coefficient (Wildman–Crippen LogP) is 2.96. The van der Waals surface area contributed by atoms with Crippen LogP contribution in [-0.2, 0) is 11.3 Å². The quantitative estimate of drug-likeness (QED) is 0.652. The second-order valence-corrected chi connectivity index (χ2v) is 3.76. The maximum atomic E-state index is 5.61. The number of hydrogen-bond donors (Lipinski definition) is 1. The molecule has 1 aromatic rings. The van der Waals surface area contributed by atoms with Crippen LogP contribution in [0.25, 0.3) is 0 Å². The summed E-state index contributed by atoms with van der Waals surface area (Å²) < 4.78 is 6.44. The monoisotopic (exact) mass is 243 g/mol. The topological polar surface area (TPSA) is 35.2 Å². The molecule has 1 rings (SSSR count). The number of hydrogen-bond acceptors (Lipinski definition) is 2. The summed E-state index contributed by atoms with van der Waals surface area (Å²) in [6, 6.07) is 5.76. The van der Waals surface area contributed by atoms with Crippen molar-refractivity contribution in [2.24, 2.45) is 0 Å². The molecule has 2 N–H and O–H groups in total. The van der Waals surface area contributed by atoms with Crippen molar-refractivity contribution in [3.63, 3.8) is 0 Å². The summed E-state index contributed by atoms with van der Waals surface area (Å²) in [4.78, 5) is 0. The number of halogens is 1. The van der Waals surface area contributed by atoms with Crippen molar-refractivity contribution >= 4 is 21.6 Å². The first-order valence-corrected chi connectivity index (χ1v) is 5.15. The molecule has 0 heterocycles. The van der Waals surface area contributed by atoms with E-state index in [1.54, 1.807) is 0 Å². The third-order valence-electron chi connectivity index (χ3n) is 1.68. The minimum Gasteiger partial charge on any atom is -0.399 e. The molecule has 0 fully saturated rings. The average Bonchev–Trinajstić information content (AvgIpc) is 2.09. The van der Waals surface area contributed by atoms with Gasteiger partial charge >= 0.3 is 0 Å². The van der Waals surface area contributed by atoms with Gasteiger partial charge in [0.15, 0.2) is 0 Å². The summed E-state index contributed by atoms with van der Waals surface area (Å²) in [5.74, 6) is 0. The molecule has 3 heteroatoms. The van der Waals surface area contributed by atoms with Gasteiger partial charge < -0.3 is 10.5 Å². The molecule has 0 radical (unpaired) electrons. The molecular weight excluding hydrogens is 230 g/mol. The lowest BCUT2D eigenvalue weighted by Crippen LogP contribution is -1.95. The van der Waals surface area contributed by atoms with E-state index in [0.717, 1.165) is 28.8 Å². The number of ether oxygens (including phenoxy) is 1. The van der Waals surface area contributed by atoms with Crippen molar-refractivity contribution in [2.75, 3.05) is 12.3 Å². The van der Waals surface area contributed by atoms with E-state index in [1.165, 1.54) is 0 Å². The molecule has 0 aliphatic carbocycles. The van der Waals surface area contributed by atoms with Gasteiger partial charge in [-0.15, -0.1) is 0 Å². The predicted molar refractivity (Wildman–Crippen MR) is 58.5 cm³/mol. The minimum atomic E-state index is 0.648. The summed E-state index contributed by atoms with van der Waals surface area (Å²) in [7, 11) is 0. The van der Waals surface area contributed by atoms with Crippen LogP contribution in [0, 0.1) is 0 Å². The fraction of sp³-hybridized carbons (Fsp3) is 0.400. The van der Waals surface area contributed by atoms with Crippen molar-refractivity contribution < 1.29 is 4.74 Å². The van der Waals surface area contributed by atoms with Crippen LogP contribution in [-0.4, -0.2) is 6.61 Å². The number of anilines is 1. The molecule has 2 nitrogen and oxygen atoms in total. The lowest BCUT2D eigenvalue weighted by molar-refractivity contribution is 0.121. The number of benzene rings is 1. The van der Waals surface area contributed by atoms with Gasteiger partial charge in [0.1, 0.15) is 0 Å². The maximum Gasteiger partial charge on any atom is 0.0727 e. The van der Waals surface area contributed by atoms with Gasteiger partial charge in [-0.25, -0.2) is 0 Å². The summed E-state index contributed by atoms with van der Waals surface area (Å²) >= 11 is 3.44. The second-order valence-electron chi connectivity index (χ2n) is 2.90. The van der Waals surface area contributed by atoms with Gasteiger partial charge in [0.25, 0.3) is 0 Å². The first kappa shape index (κ1) is 10.5. The molecule has 0 aliphatic heterocycles. The summed E-state index contributed by atoms with van der Waals surface area (Å²) in [5.41, 5.74) is 7.52. The van der Waals surface area contributed by atoms with Crippen LogP contribution in [0.15, 0.2) is 22.7 Å². The Kier molecular flexibility index (Phi) is 4.25. The van der Waals surface area contributed by atoms with Crippen molar-refractivity contribution in [3.8, 4) is 0 Å². The van der Waals surface area contributed by atoms with Gasteiger partial charge in [-0.1, -0.05) is 28.9 Å². The third kappa shape index (κ3) is 3.36. The van der Waals surface area contributed by atoms with E-state index in [1.807, 2.05) is 18.2 Å².